The van der Waals surface area contributed by atoms with Crippen LogP contribution in [0.3, 0.4) is 0 Å². The molecule has 0 bridgehead atoms. The van der Waals surface area contributed by atoms with Gasteiger partial charge < -0.3 is 18.9 Å². The summed E-state index contributed by atoms with van der Waals surface area (Å²) in [6, 6.07) is 0. The van der Waals surface area contributed by atoms with Crippen LogP contribution in [0.4, 0.5) is 0 Å². The third kappa shape index (κ3) is 6.14. The summed E-state index contributed by atoms with van der Waals surface area (Å²) >= 11 is 0. The molecular weight excluding hydrogens is 232 g/mol. The molecule has 4 heteroatoms. The van der Waals surface area contributed by atoms with Crippen LogP contribution in [-0.4, -0.2) is 51.8 Å². The van der Waals surface area contributed by atoms with Crippen molar-refractivity contribution < 1.29 is 18.9 Å². The zero-order valence-corrected chi connectivity index (χ0v) is 11.6. The highest BCUT2D eigenvalue weighted by molar-refractivity contribution is 4.69. The van der Waals surface area contributed by atoms with Crippen LogP contribution in [0.25, 0.3) is 0 Å². The lowest BCUT2D eigenvalue weighted by Gasteiger charge is -2.19. The van der Waals surface area contributed by atoms with Gasteiger partial charge in [-0.1, -0.05) is 20.3 Å². The molecule has 0 aromatic carbocycles. The standard InChI is InChI=1S/C14H26O4/c1-3-12(6-16-8-14-10-18-14)4-11(2)5-15-7-13-9-17-13/h11-14H,3-10H2,1-2H3. The monoisotopic (exact) mass is 258 g/mol. The Kier molecular flexibility index (Phi) is 5.89. The maximum absolute atomic E-state index is 5.68. The summed E-state index contributed by atoms with van der Waals surface area (Å²) in [6.07, 6.45) is 3.10. The van der Waals surface area contributed by atoms with Gasteiger partial charge in [0.25, 0.3) is 0 Å². The van der Waals surface area contributed by atoms with Gasteiger partial charge in [-0.05, 0) is 18.3 Å². The molecule has 2 saturated heterocycles. The van der Waals surface area contributed by atoms with Gasteiger partial charge in [-0.2, -0.15) is 0 Å². The summed E-state index contributed by atoms with van der Waals surface area (Å²) in [4.78, 5) is 0. The Balaban J connectivity index is 1.48. The molecule has 0 saturated carbocycles. The fourth-order valence-electron chi connectivity index (χ4n) is 2.08. The second kappa shape index (κ2) is 7.43. The molecule has 4 unspecified atom stereocenters. The van der Waals surface area contributed by atoms with E-state index in [4.69, 9.17) is 18.9 Å². The highest BCUT2D eigenvalue weighted by Crippen LogP contribution is 2.18. The Bertz CT molecular complexity index is 226. The average Bonchev–Trinajstić information content (AvgIpc) is 3.21. The molecule has 0 radical (unpaired) electrons. The van der Waals surface area contributed by atoms with Gasteiger partial charge in [-0.3, -0.25) is 0 Å². The maximum Gasteiger partial charge on any atom is 0.104 e. The lowest BCUT2D eigenvalue weighted by atomic mass is 9.95. The molecule has 0 aliphatic carbocycles. The van der Waals surface area contributed by atoms with Gasteiger partial charge in [0.2, 0.25) is 0 Å². The van der Waals surface area contributed by atoms with Crippen LogP contribution in [0.5, 0.6) is 0 Å². The van der Waals surface area contributed by atoms with Crippen LogP contribution >= 0.6 is 0 Å². The Morgan fingerprint density at radius 2 is 1.61 bits per heavy atom. The van der Waals surface area contributed by atoms with Gasteiger partial charge in [0.1, 0.15) is 12.2 Å². The summed E-state index contributed by atoms with van der Waals surface area (Å²) in [5.74, 6) is 1.23. The first-order chi connectivity index (χ1) is 8.78. The molecule has 0 amide bonds. The molecule has 2 aliphatic heterocycles. The van der Waals surface area contributed by atoms with Gasteiger partial charge in [-0.25, -0.2) is 0 Å². The number of epoxide rings is 2. The normalized spacial score (nSPS) is 29.0. The fourth-order valence-corrected chi connectivity index (χ4v) is 2.08. The second-order valence-electron chi connectivity index (χ2n) is 5.60. The molecule has 4 atom stereocenters. The van der Waals surface area contributed by atoms with Gasteiger partial charge in [0, 0.05) is 13.2 Å². The van der Waals surface area contributed by atoms with Gasteiger partial charge in [-0.15, -0.1) is 0 Å². The van der Waals surface area contributed by atoms with Crippen LogP contribution in [0.15, 0.2) is 0 Å². The van der Waals surface area contributed by atoms with Crippen molar-refractivity contribution in [2.24, 2.45) is 11.8 Å². The summed E-state index contributed by atoms with van der Waals surface area (Å²) in [5.41, 5.74) is 0. The predicted molar refractivity (Wildman–Crippen MR) is 68.7 cm³/mol. The number of hydrogen-bond donors (Lipinski definition) is 0. The minimum atomic E-state index is 0.376. The third-order valence-corrected chi connectivity index (χ3v) is 3.48. The van der Waals surface area contributed by atoms with Crippen molar-refractivity contribution in [1.82, 2.24) is 0 Å². The Hall–Kier alpha value is -0.160. The highest BCUT2D eigenvalue weighted by atomic mass is 16.6. The lowest BCUT2D eigenvalue weighted by molar-refractivity contribution is 0.0557. The SMILES string of the molecule is CCC(COCC1CO1)CC(C)COCC1CO1. The van der Waals surface area contributed by atoms with E-state index in [-0.39, 0.29) is 0 Å². The van der Waals surface area contributed by atoms with E-state index in [1.807, 2.05) is 0 Å². The van der Waals surface area contributed by atoms with Crippen molar-refractivity contribution >= 4 is 0 Å². The van der Waals surface area contributed by atoms with E-state index in [1.54, 1.807) is 0 Å². The Morgan fingerprint density at radius 3 is 2.11 bits per heavy atom. The van der Waals surface area contributed by atoms with E-state index >= 15 is 0 Å². The predicted octanol–water partition coefficient (Wildman–Crippen LogP) is 1.87. The molecule has 18 heavy (non-hydrogen) atoms. The quantitative estimate of drug-likeness (QED) is 0.531. The third-order valence-electron chi connectivity index (χ3n) is 3.48. The highest BCUT2D eigenvalue weighted by Gasteiger charge is 2.24. The van der Waals surface area contributed by atoms with E-state index in [1.165, 1.54) is 12.8 Å². The van der Waals surface area contributed by atoms with Crippen LogP contribution in [0.1, 0.15) is 26.7 Å². The van der Waals surface area contributed by atoms with E-state index in [9.17, 15) is 0 Å². The number of rotatable bonds is 11. The molecule has 2 aliphatic rings. The van der Waals surface area contributed by atoms with Gasteiger partial charge in [0.15, 0.2) is 0 Å². The molecule has 2 rings (SSSR count). The first kappa shape index (κ1) is 14.3. The number of hydrogen-bond acceptors (Lipinski definition) is 4. The zero-order chi connectivity index (χ0) is 12.8. The minimum Gasteiger partial charge on any atom is -0.378 e. The van der Waals surface area contributed by atoms with Crippen molar-refractivity contribution in [3.8, 4) is 0 Å². The zero-order valence-electron chi connectivity index (χ0n) is 11.6. The topological polar surface area (TPSA) is 43.5 Å². The molecule has 0 spiro atoms. The van der Waals surface area contributed by atoms with E-state index < -0.39 is 0 Å². The van der Waals surface area contributed by atoms with Crippen molar-refractivity contribution in [2.45, 2.75) is 38.9 Å². The molecule has 4 nitrogen and oxygen atoms in total. The molecule has 2 fully saturated rings. The fraction of sp³-hybridized carbons (Fsp3) is 1.00. The number of ether oxygens (including phenoxy) is 4. The Labute approximate surface area is 110 Å². The largest absolute Gasteiger partial charge is 0.378 e. The first-order valence-electron chi connectivity index (χ1n) is 7.16. The van der Waals surface area contributed by atoms with Crippen molar-refractivity contribution in [2.75, 3.05) is 39.6 Å². The molecule has 0 aromatic heterocycles. The van der Waals surface area contributed by atoms with Crippen LogP contribution in [-0.2, 0) is 18.9 Å². The van der Waals surface area contributed by atoms with Crippen LogP contribution in [0, 0.1) is 11.8 Å². The summed E-state index contributed by atoms with van der Waals surface area (Å²) < 4.78 is 21.6. The van der Waals surface area contributed by atoms with Crippen molar-refractivity contribution in [3.05, 3.63) is 0 Å². The maximum atomic E-state index is 5.68. The van der Waals surface area contributed by atoms with Crippen LogP contribution < -0.4 is 0 Å². The average molecular weight is 258 g/mol. The van der Waals surface area contributed by atoms with E-state index in [0.717, 1.165) is 39.6 Å². The van der Waals surface area contributed by atoms with Crippen molar-refractivity contribution in [1.29, 1.82) is 0 Å². The second-order valence-corrected chi connectivity index (χ2v) is 5.60. The Morgan fingerprint density at radius 1 is 1.06 bits per heavy atom. The minimum absolute atomic E-state index is 0.376. The first-order valence-corrected chi connectivity index (χ1v) is 7.16. The van der Waals surface area contributed by atoms with Crippen LogP contribution in [0.2, 0.25) is 0 Å². The van der Waals surface area contributed by atoms with Gasteiger partial charge in [0.05, 0.1) is 26.4 Å². The van der Waals surface area contributed by atoms with Gasteiger partial charge >= 0.3 is 0 Å². The lowest BCUT2D eigenvalue weighted by Crippen LogP contribution is -2.18. The van der Waals surface area contributed by atoms with Crippen molar-refractivity contribution in [3.63, 3.8) is 0 Å². The summed E-state index contributed by atoms with van der Waals surface area (Å²) in [7, 11) is 0. The summed E-state index contributed by atoms with van der Waals surface area (Å²) in [5, 5.41) is 0. The van der Waals surface area contributed by atoms with E-state index in [0.29, 0.717) is 24.0 Å². The molecule has 106 valence electrons. The van der Waals surface area contributed by atoms with E-state index in [2.05, 4.69) is 13.8 Å². The molecule has 0 N–H and O–H groups in total. The molecule has 2 heterocycles. The summed E-state index contributed by atoms with van der Waals surface area (Å²) in [6.45, 7) is 9.45. The smallest absolute Gasteiger partial charge is 0.104 e. The molecule has 0 aromatic rings. The molecular formula is C14H26O4.